The predicted molar refractivity (Wildman–Crippen MR) is 66.5 cm³/mol. The first kappa shape index (κ1) is 11.3. The monoisotopic (exact) mass is 233 g/mol. The highest BCUT2D eigenvalue weighted by Crippen LogP contribution is 2.13. The zero-order chi connectivity index (χ0) is 11.2. The van der Waals surface area contributed by atoms with Gasteiger partial charge in [0.2, 0.25) is 0 Å². The lowest BCUT2D eigenvalue weighted by atomic mass is 10.1. The molecule has 2 aromatic rings. The summed E-state index contributed by atoms with van der Waals surface area (Å²) >= 11 is 1.64. The van der Waals surface area contributed by atoms with E-state index in [1.807, 2.05) is 11.4 Å². The van der Waals surface area contributed by atoms with Gasteiger partial charge in [-0.3, -0.25) is 0 Å². The first-order valence-electron chi connectivity index (χ1n) is 5.46. The second-order valence-corrected chi connectivity index (χ2v) is 4.67. The average molecular weight is 233 g/mol. The molecule has 3 heteroatoms. The highest BCUT2D eigenvalue weighted by atomic mass is 32.1. The third kappa shape index (κ3) is 3.15. The van der Waals surface area contributed by atoms with Crippen LogP contribution in [0.2, 0.25) is 0 Å². The van der Waals surface area contributed by atoms with E-state index in [4.69, 9.17) is 5.11 Å². The van der Waals surface area contributed by atoms with Crippen LogP contribution in [-0.2, 0) is 19.4 Å². The van der Waals surface area contributed by atoms with Crippen molar-refractivity contribution in [2.45, 2.75) is 25.9 Å². The Balaban J connectivity index is 1.80. The minimum Gasteiger partial charge on any atom is -0.390 e. The van der Waals surface area contributed by atoms with Crippen LogP contribution < -0.4 is 0 Å². The van der Waals surface area contributed by atoms with Gasteiger partial charge in [0, 0.05) is 5.38 Å². The van der Waals surface area contributed by atoms with E-state index in [0.29, 0.717) is 0 Å². The molecule has 0 aliphatic carbocycles. The van der Waals surface area contributed by atoms with E-state index in [9.17, 15) is 0 Å². The topological polar surface area (TPSA) is 33.1 Å². The van der Waals surface area contributed by atoms with Crippen LogP contribution >= 0.6 is 11.3 Å². The number of hydrogen-bond donors (Lipinski definition) is 1. The van der Waals surface area contributed by atoms with E-state index < -0.39 is 0 Å². The van der Waals surface area contributed by atoms with Crippen LogP contribution in [0.1, 0.15) is 22.7 Å². The molecule has 0 atom stereocenters. The van der Waals surface area contributed by atoms with Gasteiger partial charge in [-0.05, 0) is 24.8 Å². The fourth-order valence-corrected chi connectivity index (χ4v) is 2.46. The Morgan fingerprint density at radius 2 is 1.94 bits per heavy atom. The molecule has 16 heavy (non-hydrogen) atoms. The van der Waals surface area contributed by atoms with Crippen LogP contribution in [-0.4, -0.2) is 10.1 Å². The Bertz CT molecular complexity index is 425. The number of hydrogen-bond acceptors (Lipinski definition) is 3. The highest BCUT2D eigenvalue weighted by Gasteiger charge is 2.01. The molecule has 0 aliphatic heterocycles. The molecule has 2 rings (SSSR count). The third-order valence-corrected chi connectivity index (χ3v) is 3.42. The maximum absolute atomic E-state index is 8.90. The molecular formula is C13H15NOS. The third-order valence-electron chi connectivity index (χ3n) is 2.46. The van der Waals surface area contributed by atoms with Crippen molar-refractivity contribution in [2.24, 2.45) is 0 Å². The lowest BCUT2D eigenvalue weighted by molar-refractivity contribution is 0.277. The van der Waals surface area contributed by atoms with Gasteiger partial charge in [0.1, 0.15) is 0 Å². The molecule has 1 heterocycles. The molecule has 1 aromatic heterocycles. The van der Waals surface area contributed by atoms with Crippen LogP contribution in [0.25, 0.3) is 0 Å². The largest absolute Gasteiger partial charge is 0.390 e. The second-order valence-electron chi connectivity index (χ2n) is 3.73. The summed E-state index contributed by atoms with van der Waals surface area (Å²) in [4.78, 5) is 4.33. The molecule has 1 N–H and O–H groups in total. The molecule has 2 nitrogen and oxygen atoms in total. The fourth-order valence-electron chi connectivity index (χ4n) is 1.62. The molecular weight excluding hydrogens is 218 g/mol. The van der Waals surface area contributed by atoms with Crippen LogP contribution in [0.4, 0.5) is 0 Å². The van der Waals surface area contributed by atoms with Crippen LogP contribution in [0.5, 0.6) is 0 Å². The SMILES string of the molecule is OCc1csc(CCCc2ccccc2)n1. The number of aliphatic hydroxyl groups is 1. The van der Waals surface area contributed by atoms with Gasteiger partial charge in [-0.25, -0.2) is 4.98 Å². The van der Waals surface area contributed by atoms with Gasteiger partial charge in [0.15, 0.2) is 0 Å². The zero-order valence-corrected chi connectivity index (χ0v) is 9.91. The van der Waals surface area contributed by atoms with Crippen molar-refractivity contribution in [2.75, 3.05) is 0 Å². The van der Waals surface area contributed by atoms with Crippen molar-refractivity contribution in [3.05, 3.63) is 52.0 Å². The summed E-state index contributed by atoms with van der Waals surface area (Å²) in [5.41, 5.74) is 2.17. The molecule has 1 aromatic carbocycles. The molecule has 0 radical (unpaired) electrons. The van der Waals surface area contributed by atoms with E-state index in [1.54, 1.807) is 11.3 Å². The summed E-state index contributed by atoms with van der Waals surface area (Å²) in [7, 11) is 0. The summed E-state index contributed by atoms with van der Waals surface area (Å²) in [5, 5.41) is 12.0. The zero-order valence-electron chi connectivity index (χ0n) is 9.10. The average Bonchev–Trinajstić information content (AvgIpc) is 2.78. The molecule has 84 valence electrons. The standard InChI is InChI=1S/C13H15NOS/c15-9-12-10-16-13(14-12)8-4-7-11-5-2-1-3-6-11/h1-3,5-6,10,15H,4,7-9H2. The number of rotatable bonds is 5. The molecule has 0 saturated heterocycles. The Morgan fingerprint density at radius 1 is 1.12 bits per heavy atom. The molecule has 0 saturated carbocycles. The van der Waals surface area contributed by atoms with Crippen molar-refractivity contribution < 1.29 is 5.11 Å². The minimum atomic E-state index is 0.0508. The van der Waals surface area contributed by atoms with Crippen molar-refractivity contribution >= 4 is 11.3 Å². The number of benzene rings is 1. The summed E-state index contributed by atoms with van der Waals surface area (Å²) in [6.07, 6.45) is 3.21. The van der Waals surface area contributed by atoms with E-state index in [0.717, 1.165) is 30.0 Å². The number of thiazole rings is 1. The minimum absolute atomic E-state index is 0.0508. The quantitative estimate of drug-likeness (QED) is 0.861. The van der Waals surface area contributed by atoms with Gasteiger partial charge in [0.25, 0.3) is 0 Å². The maximum atomic E-state index is 8.90. The van der Waals surface area contributed by atoms with Crippen molar-refractivity contribution in [1.29, 1.82) is 0 Å². The van der Waals surface area contributed by atoms with E-state index >= 15 is 0 Å². The summed E-state index contributed by atoms with van der Waals surface area (Å²) in [6.45, 7) is 0.0508. The summed E-state index contributed by atoms with van der Waals surface area (Å²) in [6, 6.07) is 10.5. The smallest absolute Gasteiger partial charge is 0.0929 e. The van der Waals surface area contributed by atoms with Crippen molar-refractivity contribution in [3.63, 3.8) is 0 Å². The van der Waals surface area contributed by atoms with Crippen molar-refractivity contribution in [1.82, 2.24) is 4.98 Å². The molecule has 0 unspecified atom stereocenters. The van der Waals surface area contributed by atoms with Gasteiger partial charge in [-0.15, -0.1) is 11.3 Å². The highest BCUT2D eigenvalue weighted by molar-refractivity contribution is 7.09. The Hall–Kier alpha value is -1.19. The second kappa shape index (κ2) is 5.77. The Morgan fingerprint density at radius 3 is 2.62 bits per heavy atom. The van der Waals surface area contributed by atoms with Crippen LogP contribution in [0.15, 0.2) is 35.7 Å². The summed E-state index contributed by atoms with van der Waals surface area (Å²) < 4.78 is 0. The summed E-state index contributed by atoms with van der Waals surface area (Å²) in [5.74, 6) is 0. The Kier molecular flexibility index (Phi) is 4.08. The molecule has 0 fully saturated rings. The van der Waals surface area contributed by atoms with Crippen LogP contribution in [0.3, 0.4) is 0 Å². The van der Waals surface area contributed by atoms with Crippen LogP contribution in [0, 0.1) is 0 Å². The first-order valence-corrected chi connectivity index (χ1v) is 6.34. The molecule has 0 aliphatic rings. The lowest BCUT2D eigenvalue weighted by Crippen LogP contribution is -1.90. The maximum Gasteiger partial charge on any atom is 0.0929 e. The Labute approximate surface area is 99.6 Å². The number of nitrogens with zero attached hydrogens (tertiary/aromatic N) is 1. The van der Waals surface area contributed by atoms with Gasteiger partial charge in [0.05, 0.1) is 17.3 Å². The number of aliphatic hydroxyl groups excluding tert-OH is 1. The van der Waals surface area contributed by atoms with E-state index in [-0.39, 0.29) is 6.61 Å². The van der Waals surface area contributed by atoms with Gasteiger partial charge >= 0.3 is 0 Å². The fraction of sp³-hybridized carbons (Fsp3) is 0.308. The van der Waals surface area contributed by atoms with Crippen molar-refractivity contribution in [3.8, 4) is 0 Å². The molecule has 0 amide bonds. The number of aryl methyl sites for hydroxylation is 2. The first-order chi connectivity index (χ1) is 7.88. The predicted octanol–water partition coefficient (Wildman–Crippen LogP) is 2.81. The lowest BCUT2D eigenvalue weighted by Gasteiger charge is -1.99. The van der Waals surface area contributed by atoms with Gasteiger partial charge in [-0.2, -0.15) is 0 Å². The van der Waals surface area contributed by atoms with Gasteiger partial charge < -0.3 is 5.11 Å². The molecule has 0 bridgehead atoms. The molecule has 0 spiro atoms. The number of aromatic nitrogens is 1. The van der Waals surface area contributed by atoms with E-state index in [2.05, 4.69) is 29.2 Å². The van der Waals surface area contributed by atoms with Gasteiger partial charge in [-0.1, -0.05) is 30.3 Å². The normalized spacial score (nSPS) is 10.6. The van der Waals surface area contributed by atoms with E-state index in [1.165, 1.54) is 5.56 Å².